The predicted molar refractivity (Wildman–Crippen MR) is 102 cm³/mol. The molecular weight excluding hydrogens is 347 g/mol. The topological polar surface area (TPSA) is 66.4 Å². The third-order valence-electron chi connectivity index (χ3n) is 5.00. The highest BCUT2D eigenvalue weighted by Crippen LogP contribution is 2.24. The number of nitrogens with one attached hydrogen (secondary N) is 2. The largest absolute Gasteiger partial charge is 0.353 e. The number of aromatic nitrogens is 1. The second kappa shape index (κ2) is 8.35. The first kappa shape index (κ1) is 19.1. The molecule has 0 bridgehead atoms. The lowest BCUT2D eigenvalue weighted by molar-refractivity contribution is -0.136. The molecule has 1 fully saturated rings. The fraction of sp³-hybridized carbons (Fsp3) is 0.400. The highest BCUT2D eigenvalue weighted by molar-refractivity contribution is 6.39. The van der Waals surface area contributed by atoms with E-state index < -0.39 is 17.6 Å². The molecule has 0 saturated carbocycles. The zero-order valence-electron chi connectivity index (χ0n) is 15.7. The zero-order valence-corrected chi connectivity index (χ0v) is 15.7. The quantitative estimate of drug-likeness (QED) is 0.792. The molecule has 1 atom stereocenters. The number of rotatable bonds is 5. The number of anilines is 1. The fourth-order valence-corrected chi connectivity index (χ4v) is 3.42. The Morgan fingerprint density at radius 3 is 2.56 bits per heavy atom. The second-order valence-corrected chi connectivity index (χ2v) is 6.93. The summed E-state index contributed by atoms with van der Waals surface area (Å²) >= 11 is 0. The maximum atomic E-state index is 13.6. The minimum absolute atomic E-state index is 0.0149. The van der Waals surface area contributed by atoms with Crippen molar-refractivity contribution < 1.29 is 14.0 Å². The lowest BCUT2D eigenvalue weighted by Gasteiger charge is -2.28. The minimum Gasteiger partial charge on any atom is -0.353 e. The fourth-order valence-electron chi connectivity index (χ4n) is 3.42. The van der Waals surface area contributed by atoms with Crippen LogP contribution in [0, 0.1) is 12.7 Å². The second-order valence-electron chi connectivity index (χ2n) is 6.93. The van der Waals surface area contributed by atoms with Gasteiger partial charge >= 0.3 is 11.8 Å². The van der Waals surface area contributed by atoms with Gasteiger partial charge in [0.1, 0.15) is 5.82 Å². The first-order chi connectivity index (χ1) is 13.0. The average Bonchev–Trinajstić information content (AvgIpc) is 3.31. The smallest absolute Gasteiger partial charge is 0.313 e. The van der Waals surface area contributed by atoms with E-state index in [1.807, 2.05) is 29.9 Å². The summed E-state index contributed by atoms with van der Waals surface area (Å²) in [5.74, 6) is -1.95. The molecule has 6 nitrogen and oxygen atoms in total. The van der Waals surface area contributed by atoms with E-state index in [2.05, 4.69) is 15.5 Å². The Morgan fingerprint density at radius 1 is 1.19 bits per heavy atom. The Hall–Kier alpha value is -2.67. The van der Waals surface area contributed by atoms with Crippen LogP contribution in [0.2, 0.25) is 0 Å². The van der Waals surface area contributed by atoms with Crippen molar-refractivity contribution in [3.05, 3.63) is 53.6 Å². The number of hydrogen-bond acceptors (Lipinski definition) is 3. The molecule has 0 spiro atoms. The van der Waals surface area contributed by atoms with E-state index in [4.69, 9.17) is 0 Å². The number of hydrogen-bond donors (Lipinski definition) is 2. The van der Waals surface area contributed by atoms with E-state index >= 15 is 0 Å². The van der Waals surface area contributed by atoms with Gasteiger partial charge in [-0.25, -0.2) is 4.39 Å². The van der Waals surface area contributed by atoms with Crippen molar-refractivity contribution in [2.45, 2.75) is 25.8 Å². The standard InChI is InChI=1S/C20H25FN4O2/c1-14-7-8-15(12-16(14)21)23-20(27)19(26)22-13-18(25-10-3-4-11-25)17-6-5-9-24(17)2/h5-9,12,18H,3-4,10-11,13H2,1-2H3,(H,22,26)(H,23,27). The summed E-state index contributed by atoms with van der Waals surface area (Å²) in [4.78, 5) is 26.7. The summed E-state index contributed by atoms with van der Waals surface area (Å²) in [5.41, 5.74) is 1.84. The van der Waals surface area contributed by atoms with Crippen molar-refractivity contribution >= 4 is 17.5 Å². The van der Waals surface area contributed by atoms with Crippen LogP contribution < -0.4 is 10.6 Å². The van der Waals surface area contributed by atoms with Crippen molar-refractivity contribution in [2.75, 3.05) is 25.0 Å². The van der Waals surface area contributed by atoms with Crippen molar-refractivity contribution in [3.8, 4) is 0 Å². The van der Waals surface area contributed by atoms with E-state index in [1.165, 1.54) is 6.07 Å². The van der Waals surface area contributed by atoms with Crippen LogP contribution in [0.1, 0.15) is 30.1 Å². The summed E-state index contributed by atoms with van der Waals surface area (Å²) in [6.07, 6.45) is 4.24. The Bertz CT molecular complexity index is 827. The van der Waals surface area contributed by atoms with E-state index in [-0.39, 0.29) is 11.7 Å². The molecule has 3 rings (SSSR count). The van der Waals surface area contributed by atoms with Gasteiger partial charge < -0.3 is 15.2 Å². The molecule has 0 radical (unpaired) electrons. The van der Waals surface area contributed by atoms with Gasteiger partial charge in [0, 0.05) is 31.2 Å². The van der Waals surface area contributed by atoms with Gasteiger partial charge in [0.2, 0.25) is 0 Å². The molecular formula is C20H25FN4O2. The van der Waals surface area contributed by atoms with Crippen LogP contribution in [0.4, 0.5) is 10.1 Å². The molecule has 2 N–H and O–H groups in total. The van der Waals surface area contributed by atoms with Gasteiger partial charge in [0.25, 0.3) is 0 Å². The SMILES string of the molecule is Cc1ccc(NC(=O)C(=O)NCC(c2cccn2C)N2CCCC2)cc1F. The molecule has 2 heterocycles. The highest BCUT2D eigenvalue weighted by atomic mass is 19.1. The van der Waals surface area contributed by atoms with Gasteiger partial charge in [-0.1, -0.05) is 6.07 Å². The zero-order chi connectivity index (χ0) is 19.4. The van der Waals surface area contributed by atoms with Crippen LogP contribution in [-0.2, 0) is 16.6 Å². The van der Waals surface area contributed by atoms with E-state index in [1.54, 1.807) is 19.1 Å². The molecule has 1 aliphatic rings. The number of amides is 2. The molecule has 1 unspecified atom stereocenters. The van der Waals surface area contributed by atoms with Crippen molar-refractivity contribution in [3.63, 3.8) is 0 Å². The number of carbonyl (C=O) groups is 2. The number of likely N-dealkylation sites (tertiary alicyclic amines) is 1. The third-order valence-corrected chi connectivity index (χ3v) is 5.00. The van der Waals surface area contributed by atoms with Crippen LogP contribution in [-0.4, -0.2) is 40.9 Å². The van der Waals surface area contributed by atoms with Crippen LogP contribution in [0.3, 0.4) is 0 Å². The van der Waals surface area contributed by atoms with Crippen LogP contribution in [0.5, 0.6) is 0 Å². The molecule has 1 aromatic carbocycles. The van der Waals surface area contributed by atoms with Crippen LogP contribution >= 0.6 is 0 Å². The van der Waals surface area contributed by atoms with E-state index in [0.717, 1.165) is 31.6 Å². The van der Waals surface area contributed by atoms with Gasteiger partial charge in [0.15, 0.2) is 0 Å². The van der Waals surface area contributed by atoms with Gasteiger partial charge in [0.05, 0.1) is 6.04 Å². The molecule has 2 aromatic rings. The summed E-state index contributed by atoms with van der Waals surface area (Å²) in [5, 5.41) is 5.16. The van der Waals surface area contributed by atoms with Gasteiger partial charge in [-0.15, -0.1) is 0 Å². The summed E-state index contributed by atoms with van der Waals surface area (Å²) in [7, 11) is 1.97. The van der Waals surface area contributed by atoms with E-state index in [9.17, 15) is 14.0 Å². The summed E-state index contributed by atoms with van der Waals surface area (Å²) in [6.45, 7) is 3.92. The number of aryl methyl sites for hydroxylation is 2. The number of nitrogens with zero attached hydrogens (tertiary/aromatic N) is 2. The van der Waals surface area contributed by atoms with Crippen molar-refractivity contribution in [1.82, 2.24) is 14.8 Å². The molecule has 144 valence electrons. The summed E-state index contributed by atoms with van der Waals surface area (Å²) < 4.78 is 15.6. The van der Waals surface area contributed by atoms with Crippen LogP contribution in [0.25, 0.3) is 0 Å². The van der Waals surface area contributed by atoms with Gasteiger partial charge in [-0.05, 0) is 62.7 Å². The minimum atomic E-state index is -0.801. The lowest BCUT2D eigenvalue weighted by atomic mass is 10.1. The lowest BCUT2D eigenvalue weighted by Crippen LogP contribution is -2.41. The van der Waals surface area contributed by atoms with E-state index in [0.29, 0.717) is 12.1 Å². The Labute approximate surface area is 158 Å². The third kappa shape index (κ3) is 4.54. The maximum Gasteiger partial charge on any atom is 0.313 e. The number of benzene rings is 1. The first-order valence-corrected chi connectivity index (χ1v) is 9.16. The first-order valence-electron chi connectivity index (χ1n) is 9.16. The Morgan fingerprint density at radius 2 is 1.93 bits per heavy atom. The molecule has 1 aliphatic heterocycles. The Kier molecular flexibility index (Phi) is 5.91. The van der Waals surface area contributed by atoms with Crippen LogP contribution in [0.15, 0.2) is 36.5 Å². The highest BCUT2D eigenvalue weighted by Gasteiger charge is 2.26. The molecule has 1 saturated heterocycles. The molecule has 0 aliphatic carbocycles. The van der Waals surface area contributed by atoms with Crippen molar-refractivity contribution in [2.24, 2.45) is 7.05 Å². The molecule has 2 amide bonds. The van der Waals surface area contributed by atoms with Gasteiger partial charge in [-0.2, -0.15) is 0 Å². The monoisotopic (exact) mass is 372 g/mol. The normalized spacial score (nSPS) is 15.5. The molecule has 27 heavy (non-hydrogen) atoms. The molecule has 1 aromatic heterocycles. The predicted octanol–water partition coefficient (Wildman–Crippen LogP) is 2.36. The Balaban J connectivity index is 1.62. The molecule has 7 heteroatoms. The maximum absolute atomic E-state index is 13.6. The summed E-state index contributed by atoms with van der Waals surface area (Å²) in [6, 6.07) is 8.35. The van der Waals surface area contributed by atoms with Gasteiger partial charge in [-0.3, -0.25) is 14.5 Å². The number of carbonyl (C=O) groups excluding carboxylic acids is 2. The van der Waals surface area contributed by atoms with Crippen molar-refractivity contribution in [1.29, 1.82) is 0 Å². The number of halogens is 1. The average molecular weight is 372 g/mol.